The van der Waals surface area contributed by atoms with E-state index >= 15 is 0 Å². The zero-order valence-electron chi connectivity index (χ0n) is 11.8. The number of rotatable bonds is 5. The number of halogens is 1. The Bertz CT molecular complexity index is 756. The smallest absolute Gasteiger partial charge is 0.240 e. The fourth-order valence-corrected chi connectivity index (χ4v) is 3.07. The van der Waals surface area contributed by atoms with Gasteiger partial charge in [0.1, 0.15) is 5.82 Å². The summed E-state index contributed by atoms with van der Waals surface area (Å²) in [6, 6.07) is 4.26. The average Bonchev–Trinajstić information content (AvgIpc) is 2.85. The normalized spacial score (nSPS) is 11.8. The Kier molecular flexibility index (Phi) is 4.40. The van der Waals surface area contributed by atoms with Crippen LogP contribution in [0.1, 0.15) is 16.8 Å². The average molecular weight is 312 g/mol. The summed E-state index contributed by atoms with van der Waals surface area (Å²) in [6.07, 6.45) is 1.58. The van der Waals surface area contributed by atoms with Crippen LogP contribution in [0, 0.1) is 12.7 Å². The van der Waals surface area contributed by atoms with Crippen molar-refractivity contribution in [1.29, 1.82) is 0 Å². The number of hydrogen-bond donors (Lipinski definition) is 2. The molecular weight excluding hydrogens is 295 g/mol. The SMILES string of the molecule is Cc1cc(S(=O)(=O)NCc2ccnn2C)cc(CN)c1F. The summed E-state index contributed by atoms with van der Waals surface area (Å²) in [7, 11) is -2.02. The van der Waals surface area contributed by atoms with Crippen LogP contribution in [0.15, 0.2) is 29.3 Å². The summed E-state index contributed by atoms with van der Waals surface area (Å²) < 4.78 is 42.3. The van der Waals surface area contributed by atoms with Gasteiger partial charge in [0, 0.05) is 25.4 Å². The van der Waals surface area contributed by atoms with Crippen LogP contribution in [0.25, 0.3) is 0 Å². The van der Waals surface area contributed by atoms with Gasteiger partial charge in [0.25, 0.3) is 0 Å². The van der Waals surface area contributed by atoms with Crippen molar-refractivity contribution < 1.29 is 12.8 Å². The minimum atomic E-state index is -3.74. The first-order valence-electron chi connectivity index (χ1n) is 6.31. The van der Waals surface area contributed by atoms with Crippen molar-refractivity contribution in [3.63, 3.8) is 0 Å². The van der Waals surface area contributed by atoms with Gasteiger partial charge in [-0.05, 0) is 30.7 Å². The molecule has 1 heterocycles. The Labute approximate surface area is 122 Å². The molecule has 114 valence electrons. The van der Waals surface area contributed by atoms with Crippen molar-refractivity contribution in [2.45, 2.75) is 24.9 Å². The van der Waals surface area contributed by atoms with Crippen molar-refractivity contribution in [1.82, 2.24) is 14.5 Å². The maximum Gasteiger partial charge on any atom is 0.240 e. The van der Waals surface area contributed by atoms with Gasteiger partial charge in [0.05, 0.1) is 17.1 Å². The molecule has 2 aromatic rings. The molecule has 0 fully saturated rings. The highest BCUT2D eigenvalue weighted by molar-refractivity contribution is 7.89. The molecule has 0 aliphatic heterocycles. The van der Waals surface area contributed by atoms with Gasteiger partial charge >= 0.3 is 0 Å². The van der Waals surface area contributed by atoms with Crippen LogP contribution in [0.5, 0.6) is 0 Å². The van der Waals surface area contributed by atoms with Crippen LogP contribution in [0.3, 0.4) is 0 Å². The monoisotopic (exact) mass is 312 g/mol. The van der Waals surface area contributed by atoms with E-state index in [9.17, 15) is 12.8 Å². The van der Waals surface area contributed by atoms with Crippen molar-refractivity contribution in [3.8, 4) is 0 Å². The summed E-state index contributed by atoms with van der Waals surface area (Å²) in [5, 5.41) is 3.96. The molecule has 21 heavy (non-hydrogen) atoms. The standard InChI is InChI=1S/C13H17FN4O2S/c1-9-5-12(6-10(7-15)13(9)14)21(19,20)17-8-11-3-4-16-18(11)2/h3-6,17H,7-8,15H2,1-2H3. The molecule has 0 unspecified atom stereocenters. The second-order valence-corrected chi connectivity index (χ2v) is 6.46. The number of sulfonamides is 1. The number of nitrogens with two attached hydrogens (primary N) is 1. The van der Waals surface area contributed by atoms with Crippen molar-refractivity contribution >= 4 is 10.0 Å². The Morgan fingerprint density at radius 2 is 2.14 bits per heavy atom. The molecular formula is C13H17FN4O2S. The minimum absolute atomic E-state index is 0.00372. The quantitative estimate of drug-likeness (QED) is 0.854. The number of nitrogens with zero attached hydrogens (tertiary/aromatic N) is 2. The topological polar surface area (TPSA) is 90.0 Å². The van der Waals surface area contributed by atoms with E-state index < -0.39 is 15.8 Å². The summed E-state index contributed by atoms with van der Waals surface area (Å²) in [5.41, 5.74) is 6.58. The summed E-state index contributed by atoms with van der Waals surface area (Å²) in [6.45, 7) is 1.56. The first-order valence-corrected chi connectivity index (χ1v) is 7.79. The van der Waals surface area contributed by atoms with Gasteiger partial charge in [-0.2, -0.15) is 5.10 Å². The molecule has 0 radical (unpaired) electrons. The fourth-order valence-electron chi connectivity index (χ4n) is 1.94. The van der Waals surface area contributed by atoms with Crippen LogP contribution >= 0.6 is 0 Å². The summed E-state index contributed by atoms with van der Waals surface area (Å²) in [5.74, 6) is -0.469. The lowest BCUT2D eigenvalue weighted by Gasteiger charge is -2.10. The lowest BCUT2D eigenvalue weighted by atomic mass is 10.1. The first kappa shape index (κ1) is 15.6. The van der Waals surface area contributed by atoms with E-state index in [-0.39, 0.29) is 29.1 Å². The van der Waals surface area contributed by atoms with Crippen molar-refractivity contribution in [3.05, 3.63) is 47.0 Å². The third-order valence-electron chi connectivity index (χ3n) is 3.20. The second kappa shape index (κ2) is 5.92. The molecule has 3 N–H and O–H groups in total. The van der Waals surface area contributed by atoms with Crippen LogP contribution in [0.2, 0.25) is 0 Å². The van der Waals surface area contributed by atoms with E-state index in [1.165, 1.54) is 19.1 Å². The molecule has 0 spiro atoms. The lowest BCUT2D eigenvalue weighted by molar-refractivity contribution is 0.574. The molecule has 0 atom stereocenters. The Balaban J connectivity index is 2.27. The van der Waals surface area contributed by atoms with Crippen LogP contribution < -0.4 is 10.5 Å². The first-order chi connectivity index (χ1) is 9.85. The molecule has 0 aliphatic rings. The van der Waals surface area contributed by atoms with Gasteiger partial charge in [-0.25, -0.2) is 17.5 Å². The molecule has 8 heteroatoms. The predicted molar refractivity (Wildman–Crippen MR) is 76.3 cm³/mol. The maximum atomic E-state index is 13.7. The van der Waals surface area contributed by atoms with Gasteiger partial charge in [0.15, 0.2) is 0 Å². The van der Waals surface area contributed by atoms with Gasteiger partial charge in [-0.15, -0.1) is 0 Å². The Morgan fingerprint density at radius 1 is 1.43 bits per heavy atom. The summed E-state index contributed by atoms with van der Waals surface area (Å²) in [4.78, 5) is 0.00372. The molecule has 0 saturated heterocycles. The van der Waals surface area contributed by atoms with Gasteiger partial charge in [-0.3, -0.25) is 4.68 Å². The molecule has 1 aromatic heterocycles. The molecule has 0 aliphatic carbocycles. The number of benzene rings is 1. The van der Waals surface area contributed by atoms with E-state index in [1.807, 2.05) is 0 Å². The Morgan fingerprint density at radius 3 is 2.71 bits per heavy atom. The van der Waals surface area contributed by atoms with Crippen LogP contribution in [0.4, 0.5) is 4.39 Å². The molecule has 0 amide bonds. The van der Waals surface area contributed by atoms with E-state index in [4.69, 9.17) is 5.73 Å². The third-order valence-corrected chi connectivity index (χ3v) is 4.58. The van der Waals surface area contributed by atoms with Gasteiger partial charge in [-0.1, -0.05) is 0 Å². The van der Waals surface area contributed by atoms with E-state index in [1.54, 1.807) is 24.0 Å². The number of hydrogen-bond acceptors (Lipinski definition) is 4. The minimum Gasteiger partial charge on any atom is -0.326 e. The second-order valence-electron chi connectivity index (χ2n) is 4.69. The van der Waals surface area contributed by atoms with Crippen LogP contribution in [-0.2, 0) is 30.2 Å². The van der Waals surface area contributed by atoms with E-state index in [0.29, 0.717) is 0 Å². The Hall–Kier alpha value is -1.77. The molecule has 1 aromatic carbocycles. The predicted octanol–water partition coefficient (Wildman–Crippen LogP) is 0.805. The number of nitrogens with one attached hydrogen (secondary N) is 1. The fraction of sp³-hybridized carbons (Fsp3) is 0.308. The van der Waals surface area contributed by atoms with Crippen LogP contribution in [-0.4, -0.2) is 18.2 Å². The van der Waals surface area contributed by atoms with Gasteiger partial charge in [0.2, 0.25) is 10.0 Å². The largest absolute Gasteiger partial charge is 0.326 e. The highest BCUT2D eigenvalue weighted by Gasteiger charge is 2.18. The molecule has 0 saturated carbocycles. The van der Waals surface area contributed by atoms with E-state index in [0.717, 1.165) is 5.69 Å². The number of aryl methyl sites for hydroxylation is 2. The number of aromatic nitrogens is 2. The third kappa shape index (κ3) is 3.29. The lowest BCUT2D eigenvalue weighted by Crippen LogP contribution is -2.25. The van der Waals surface area contributed by atoms with E-state index in [2.05, 4.69) is 9.82 Å². The van der Waals surface area contributed by atoms with Crippen molar-refractivity contribution in [2.24, 2.45) is 12.8 Å². The highest BCUT2D eigenvalue weighted by atomic mass is 32.2. The molecule has 2 rings (SSSR count). The zero-order valence-corrected chi connectivity index (χ0v) is 12.6. The molecule has 6 nitrogen and oxygen atoms in total. The molecule has 0 bridgehead atoms. The summed E-state index contributed by atoms with van der Waals surface area (Å²) >= 11 is 0. The van der Waals surface area contributed by atoms with Crippen molar-refractivity contribution in [2.75, 3.05) is 0 Å². The zero-order chi connectivity index (χ0) is 15.6. The maximum absolute atomic E-state index is 13.7. The van der Waals surface area contributed by atoms with Gasteiger partial charge < -0.3 is 5.73 Å². The highest BCUT2D eigenvalue weighted by Crippen LogP contribution is 2.19.